The Morgan fingerprint density at radius 1 is 0.284 bits per heavy atom. The van der Waals surface area contributed by atoms with Gasteiger partial charge >= 0.3 is 39.5 Å². The number of carbonyl (C=O) groups is 4. The van der Waals surface area contributed by atoms with Crippen molar-refractivity contribution in [2.24, 2.45) is 17.8 Å². The van der Waals surface area contributed by atoms with Crippen molar-refractivity contribution in [2.75, 3.05) is 39.6 Å². The molecule has 0 aliphatic carbocycles. The van der Waals surface area contributed by atoms with E-state index < -0.39 is 97.5 Å². The second-order valence-corrected chi connectivity index (χ2v) is 31.7. The molecule has 0 bridgehead atoms. The topological polar surface area (TPSA) is 237 Å². The summed E-state index contributed by atoms with van der Waals surface area (Å²) in [6.07, 6.45) is 53.2. The van der Waals surface area contributed by atoms with Gasteiger partial charge in [0.05, 0.1) is 26.4 Å². The Bertz CT molecular complexity index is 1850. The van der Waals surface area contributed by atoms with Crippen molar-refractivity contribution in [3.8, 4) is 0 Å². The van der Waals surface area contributed by atoms with E-state index in [-0.39, 0.29) is 25.7 Å². The lowest BCUT2D eigenvalue weighted by molar-refractivity contribution is -0.161. The molecule has 0 saturated carbocycles. The van der Waals surface area contributed by atoms with E-state index in [0.29, 0.717) is 37.5 Å². The number of hydrogen-bond acceptors (Lipinski definition) is 15. The van der Waals surface area contributed by atoms with E-state index in [1.807, 2.05) is 0 Å². The van der Waals surface area contributed by atoms with Crippen LogP contribution in [0.4, 0.5) is 0 Å². The Hall–Kier alpha value is -1.94. The van der Waals surface area contributed by atoms with Crippen molar-refractivity contribution in [3.63, 3.8) is 0 Å². The molecule has 0 aromatic heterocycles. The Morgan fingerprint density at radius 2 is 0.484 bits per heavy atom. The highest BCUT2D eigenvalue weighted by Gasteiger charge is 2.30. The standard InChI is InChI=1S/C76H148O17P2/c1-8-9-10-11-12-13-14-15-16-17-18-19-20-21-22-23-24-25-30-37-45-52-59-75(80)92-71(63-86-73(78)57-50-43-36-29-27-26-28-33-40-47-54-67(2)3)65-90-94(82,83)88-61-70(77)62-89-95(84,85)91-66-72(93-76(81)60-53-46-39-32-35-42-49-56-69(6)7)64-87-74(79)58-51-44-38-31-34-41-48-55-68(4)5/h67-72,77H,8-66H2,1-7H3,(H,82,83)(H,84,85)/t70-,71-,72-/m1/s1. The van der Waals surface area contributed by atoms with Crippen LogP contribution in [0.3, 0.4) is 0 Å². The predicted molar refractivity (Wildman–Crippen MR) is 386 cm³/mol. The van der Waals surface area contributed by atoms with E-state index in [2.05, 4.69) is 48.5 Å². The second-order valence-electron chi connectivity index (χ2n) is 28.8. The molecule has 0 amide bonds. The quantitative estimate of drug-likeness (QED) is 0.0222. The molecule has 0 spiro atoms. The van der Waals surface area contributed by atoms with Gasteiger partial charge in [0.25, 0.3) is 0 Å². The molecule has 0 aliphatic heterocycles. The zero-order chi connectivity index (χ0) is 70.1. The van der Waals surface area contributed by atoms with Crippen LogP contribution in [0.5, 0.6) is 0 Å². The van der Waals surface area contributed by atoms with E-state index >= 15 is 0 Å². The lowest BCUT2D eigenvalue weighted by atomic mass is 10.0. The zero-order valence-corrected chi connectivity index (χ0v) is 63.9. The van der Waals surface area contributed by atoms with Gasteiger partial charge in [-0.1, -0.05) is 337 Å². The van der Waals surface area contributed by atoms with Crippen LogP contribution < -0.4 is 0 Å². The first kappa shape index (κ1) is 93.1. The zero-order valence-electron chi connectivity index (χ0n) is 62.1. The summed E-state index contributed by atoms with van der Waals surface area (Å²) < 4.78 is 68.4. The molecule has 17 nitrogen and oxygen atoms in total. The normalized spacial score (nSPS) is 14.1. The van der Waals surface area contributed by atoms with Crippen LogP contribution in [-0.2, 0) is 65.4 Å². The van der Waals surface area contributed by atoms with E-state index in [4.69, 9.17) is 37.0 Å². The average Bonchev–Trinajstić information content (AvgIpc) is 2.17. The summed E-state index contributed by atoms with van der Waals surface area (Å²) >= 11 is 0. The summed E-state index contributed by atoms with van der Waals surface area (Å²) in [6.45, 7) is 11.8. The summed E-state index contributed by atoms with van der Waals surface area (Å²) in [5, 5.41) is 10.6. The van der Waals surface area contributed by atoms with E-state index in [1.165, 1.54) is 193 Å². The van der Waals surface area contributed by atoms with E-state index in [0.717, 1.165) is 102 Å². The average molecular weight is 1400 g/mol. The van der Waals surface area contributed by atoms with Crippen molar-refractivity contribution in [3.05, 3.63) is 0 Å². The van der Waals surface area contributed by atoms with Crippen LogP contribution in [0, 0.1) is 17.8 Å². The fraction of sp³-hybridized carbons (Fsp3) is 0.947. The third kappa shape index (κ3) is 70.3. The molecule has 5 atom stereocenters. The van der Waals surface area contributed by atoms with Gasteiger partial charge in [0.15, 0.2) is 12.2 Å². The van der Waals surface area contributed by atoms with Crippen LogP contribution in [0.1, 0.15) is 389 Å². The molecule has 95 heavy (non-hydrogen) atoms. The smallest absolute Gasteiger partial charge is 0.462 e. The minimum atomic E-state index is -4.96. The Kier molecular flexibility index (Phi) is 65.2. The number of esters is 4. The highest BCUT2D eigenvalue weighted by molar-refractivity contribution is 7.47. The summed E-state index contributed by atoms with van der Waals surface area (Å²) in [4.78, 5) is 72.7. The molecule has 0 heterocycles. The molecule has 0 radical (unpaired) electrons. The third-order valence-corrected chi connectivity index (χ3v) is 19.5. The van der Waals surface area contributed by atoms with Gasteiger partial charge in [-0.3, -0.25) is 37.3 Å². The van der Waals surface area contributed by atoms with Crippen LogP contribution >= 0.6 is 15.6 Å². The van der Waals surface area contributed by atoms with Gasteiger partial charge in [-0.05, 0) is 43.4 Å². The van der Waals surface area contributed by atoms with Crippen molar-refractivity contribution in [1.82, 2.24) is 0 Å². The maximum atomic E-state index is 13.1. The number of hydrogen-bond donors (Lipinski definition) is 3. The Morgan fingerprint density at radius 3 is 0.716 bits per heavy atom. The monoisotopic (exact) mass is 1400 g/mol. The number of phosphoric acid groups is 2. The molecular formula is C76H148O17P2. The highest BCUT2D eigenvalue weighted by atomic mass is 31.2. The number of aliphatic hydroxyl groups excluding tert-OH is 1. The first-order valence-corrected chi connectivity index (χ1v) is 42.3. The third-order valence-electron chi connectivity index (χ3n) is 17.6. The summed E-state index contributed by atoms with van der Waals surface area (Å²) in [7, 11) is -9.91. The van der Waals surface area contributed by atoms with Gasteiger partial charge in [-0.2, -0.15) is 0 Å². The molecule has 0 rings (SSSR count). The Labute approximate surface area is 581 Å². The predicted octanol–water partition coefficient (Wildman–Crippen LogP) is 22.2. The van der Waals surface area contributed by atoms with Gasteiger partial charge in [-0.15, -0.1) is 0 Å². The van der Waals surface area contributed by atoms with E-state index in [9.17, 15) is 43.2 Å². The van der Waals surface area contributed by atoms with Crippen molar-refractivity contribution in [2.45, 2.75) is 407 Å². The number of carbonyl (C=O) groups excluding carboxylic acids is 4. The number of phosphoric ester groups is 2. The molecule has 3 N–H and O–H groups in total. The minimum absolute atomic E-state index is 0.103. The molecule has 0 aromatic rings. The number of unbranched alkanes of at least 4 members (excludes halogenated alkanes) is 42. The minimum Gasteiger partial charge on any atom is -0.462 e. The maximum Gasteiger partial charge on any atom is 0.472 e. The molecule has 564 valence electrons. The van der Waals surface area contributed by atoms with Gasteiger partial charge in [0.1, 0.15) is 19.3 Å². The Balaban J connectivity index is 5.17. The first-order valence-electron chi connectivity index (χ1n) is 39.3. The van der Waals surface area contributed by atoms with Gasteiger partial charge < -0.3 is 33.8 Å². The summed E-state index contributed by atoms with van der Waals surface area (Å²) in [5.41, 5.74) is 0. The first-order chi connectivity index (χ1) is 45.7. The van der Waals surface area contributed by atoms with Crippen LogP contribution in [0.2, 0.25) is 0 Å². The van der Waals surface area contributed by atoms with Gasteiger partial charge in [0.2, 0.25) is 0 Å². The largest absolute Gasteiger partial charge is 0.472 e. The van der Waals surface area contributed by atoms with Crippen LogP contribution in [0.15, 0.2) is 0 Å². The van der Waals surface area contributed by atoms with Crippen LogP contribution in [-0.4, -0.2) is 96.7 Å². The maximum absolute atomic E-state index is 13.1. The SMILES string of the molecule is CCCCCCCCCCCCCCCCCCCCCCCCC(=O)O[C@H](COC(=O)CCCCCCCCCCCCC(C)C)COP(=O)(O)OC[C@@H](O)COP(=O)(O)OC[C@@H](COC(=O)CCCCCCCCCC(C)C)OC(=O)CCCCCCCCCC(C)C. The van der Waals surface area contributed by atoms with Crippen molar-refractivity contribution >= 4 is 39.5 Å². The second kappa shape index (κ2) is 66.6. The molecular weight excluding hydrogens is 1250 g/mol. The lowest BCUT2D eigenvalue weighted by Gasteiger charge is -2.21. The van der Waals surface area contributed by atoms with E-state index in [1.54, 1.807) is 0 Å². The van der Waals surface area contributed by atoms with Gasteiger partial charge in [0, 0.05) is 25.7 Å². The van der Waals surface area contributed by atoms with Crippen molar-refractivity contribution < 1.29 is 80.2 Å². The summed E-state index contributed by atoms with van der Waals surface area (Å²) in [6, 6.07) is 0. The molecule has 0 aromatic carbocycles. The fourth-order valence-electron chi connectivity index (χ4n) is 11.6. The number of rotatable bonds is 74. The molecule has 0 aliphatic rings. The number of aliphatic hydroxyl groups is 1. The lowest BCUT2D eigenvalue weighted by Crippen LogP contribution is -2.30. The van der Waals surface area contributed by atoms with Gasteiger partial charge in [-0.25, -0.2) is 9.13 Å². The molecule has 0 saturated heterocycles. The van der Waals surface area contributed by atoms with Crippen LogP contribution in [0.25, 0.3) is 0 Å². The molecule has 0 fully saturated rings. The summed E-state index contributed by atoms with van der Waals surface area (Å²) in [5.74, 6) is 0.0351. The molecule has 19 heteroatoms. The molecule has 2 unspecified atom stereocenters. The fourth-order valence-corrected chi connectivity index (χ4v) is 13.2. The highest BCUT2D eigenvalue weighted by Crippen LogP contribution is 2.45. The van der Waals surface area contributed by atoms with Crippen molar-refractivity contribution in [1.29, 1.82) is 0 Å². The number of ether oxygens (including phenoxy) is 4.